The summed E-state index contributed by atoms with van der Waals surface area (Å²) >= 11 is 0. The molecule has 2 N–H and O–H groups in total. The second-order valence-corrected chi connectivity index (χ2v) is 6.97. The van der Waals surface area contributed by atoms with Crippen molar-refractivity contribution in [2.45, 2.75) is 19.6 Å². The number of nitrogens with zero attached hydrogens (tertiary/aromatic N) is 2. The van der Waals surface area contributed by atoms with Crippen molar-refractivity contribution in [3.63, 3.8) is 0 Å². The van der Waals surface area contributed by atoms with Crippen molar-refractivity contribution in [2.24, 2.45) is 4.99 Å². The molecule has 2 aromatic rings. The van der Waals surface area contributed by atoms with Gasteiger partial charge in [-0.15, -0.1) is 24.0 Å². The minimum atomic E-state index is -0.0925. The molecule has 0 saturated carbocycles. The highest BCUT2D eigenvalue weighted by molar-refractivity contribution is 14.0. The number of hydrogen-bond acceptors (Lipinski definition) is 4. The van der Waals surface area contributed by atoms with Gasteiger partial charge in [-0.25, -0.2) is 4.99 Å². The van der Waals surface area contributed by atoms with Gasteiger partial charge in [0.1, 0.15) is 12.7 Å². The zero-order chi connectivity index (χ0) is 20.6. The summed E-state index contributed by atoms with van der Waals surface area (Å²) in [6.07, 6.45) is -0.0925. The molecule has 0 spiro atoms. The normalized spacial score (nSPS) is 15.0. The SMILES string of the molecule is CCNC(=NCc1ccc(C(=O)N(C)C)cc1)NCC1COc2ccccc2O1.I. The van der Waals surface area contributed by atoms with Crippen LogP contribution in [-0.4, -0.2) is 56.7 Å². The summed E-state index contributed by atoms with van der Waals surface area (Å²) in [5.41, 5.74) is 1.70. The fourth-order valence-electron chi connectivity index (χ4n) is 2.90. The highest BCUT2D eigenvalue weighted by Gasteiger charge is 2.20. The van der Waals surface area contributed by atoms with Gasteiger partial charge in [0.15, 0.2) is 17.5 Å². The van der Waals surface area contributed by atoms with Crippen molar-refractivity contribution < 1.29 is 14.3 Å². The molecule has 3 rings (SSSR count). The second kappa shape index (κ2) is 11.6. The summed E-state index contributed by atoms with van der Waals surface area (Å²) in [4.78, 5) is 18.2. The van der Waals surface area contributed by atoms with Crippen molar-refractivity contribution in [3.8, 4) is 11.5 Å². The molecule has 1 aliphatic heterocycles. The van der Waals surface area contributed by atoms with Crippen molar-refractivity contribution in [1.82, 2.24) is 15.5 Å². The summed E-state index contributed by atoms with van der Waals surface area (Å²) in [7, 11) is 3.49. The lowest BCUT2D eigenvalue weighted by Crippen LogP contribution is -2.45. The minimum absolute atomic E-state index is 0. The van der Waals surface area contributed by atoms with E-state index in [2.05, 4.69) is 15.6 Å². The van der Waals surface area contributed by atoms with Gasteiger partial charge in [-0.3, -0.25) is 4.79 Å². The molecule has 0 aliphatic carbocycles. The van der Waals surface area contributed by atoms with Gasteiger partial charge in [-0.05, 0) is 36.8 Å². The number of para-hydroxylation sites is 2. The van der Waals surface area contributed by atoms with E-state index in [1.807, 2.05) is 55.5 Å². The van der Waals surface area contributed by atoms with Crippen LogP contribution in [0.2, 0.25) is 0 Å². The Hall–Kier alpha value is -2.49. The highest BCUT2D eigenvalue weighted by Crippen LogP contribution is 2.30. The van der Waals surface area contributed by atoms with Crippen LogP contribution < -0.4 is 20.1 Å². The van der Waals surface area contributed by atoms with Crippen LogP contribution >= 0.6 is 24.0 Å². The molecule has 0 aromatic heterocycles. The van der Waals surface area contributed by atoms with Crippen LogP contribution in [0.15, 0.2) is 53.5 Å². The number of guanidine groups is 1. The molecule has 1 atom stereocenters. The molecule has 1 heterocycles. The predicted octanol–water partition coefficient (Wildman–Crippen LogP) is 2.90. The topological polar surface area (TPSA) is 75.2 Å². The largest absolute Gasteiger partial charge is 0.486 e. The van der Waals surface area contributed by atoms with Gasteiger partial charge >= 0.3 is 0 Å². The third-order valence-electron chi connectivity index (χ3n) is 4.44. The molecule has 0 fully saturated rings. The number of aliphatic imine (C=N–C) groups is 1. The van der Waals surface area contributed by atoms with Gasteiger partial charge in [-0.2, -0.15) is 0 Å². The van der Waals surface area contributed by atoms with E-state index in [0.29, 0.717) is 31.2 Å². The number of hydrogen-bond donors (Lipinski definition) is 2. The minimum Gasteiger partial charge on any atom is -0.486 e. The highest BCUT2D eigenvalue weighted by atomic mass is 127. The average Bonchev–Trinajstić information content (AvgIpc) is 2.75. The van der Waals surface area contributed by atoms with Crippen LogP contribution in [0.1, 0.15) is 22.8 Å². The van der Waals surface area contributed by atoms with Gasteiger partial charge in [-0.1, -0.05) is 24.3 Å². The molecule has 2 aromatic carbocycles. The molecule has 1 amide bonds. The zero-order valence-corrected chi connectivity index (χ0v) is 19.9. The molecule has 162 valence electrons. The van der Waals surface area contributed by atoms with Gasteiger partial charge in [0.25, 0.3) is 5.91 Å². The van der Waals surface area contributed by atoms with E-state index in [1.54, 1.807) is 19.0 Å². The Bertz CT molecular complexity index is 856. The molecule has 0 saturated heterocycles. The molecule has 0 bridgehead atoms. The first-order valence-electron chi connectivity index (χ1n) is 9.78. The Morgan fingerprint density at radius 1 is 1.10 bits per heavy atom. The maximum Gasteiger partial charge on any atom is 0.253 e. The molecule has 0 radical (unpaired) electrons. The van der Waals surface area contributed by atoms with E-state index in [9.17, 15) is 4.79 Å². The molecule has 1 unspecified atom stereocenters. The summed E-state index contributed by atoms with van der Waals surface area (Å²) < 4.78 is 11.7. The van der Waals surface area contributed by atoms with Crippen LogP contribution in [-0.2, 0) is 6.54 Å². The first-order chi connectivity index (χ1) is 14.1. The number of nitrogens with one attached hydrogen (secondary N) is 2. The fraction of sp³-hybridized carbons (Fsp3) is 0.364. The van der Waals surface area contributed by atoms with Crippen LogP contribution in [0.5, 0.6) is 11.5 Å². The Kier molecular flexibility index (Phi) is 9.22. The number of rotatable bonds is 6. The summed E-state index contributed by atoms with van der Waals surface area (Å²) in [6, 6.07) is 15.2. The molecular weight excluding hydrogens is 495 g/mol. The lowest BCUT2D eigenvalue weighted by Gasteiger charge is -2.27. The van der Waals surface area contributed by atoms with Gasteiger partial charge in [0.2, 0.25) is 0 Å². The molecule has 8 heteroatoms. The smallest absolute Gasteiger partial charge is 0.253 e. The number of amides is 1. The van der Waals surface area contributed by atoms with E-state index in [0.717, 1.165) is 23.6 Å². The third-order valence-corrected chi connectivity index (χ3v) is 4.44. The number of carbonyl (C=O) groups excluding carboxylic acids is 1. The standard InChI is InChI=1S/C22H28N4O3.HI/c1-4-23-22(24-13-16-9-11-17(12-10-16)21(27)26(2)3)25-14-18-15-28-19-7-5-6-8-20(19)29-18;/h5-12,18H,4,13-15H2,1-3H3,(H2,23,24,25);1H. The van der Waals surface area contributed by atoms with E-state index in [-0.39, 0.29) is 36.0 Å². The van der Waals surface area contributed by atoms with Crippen molar-refractivity contribution >= 4 is 35.8 Å². The Morgan fingerprint density at radius 3 is 2.47 bits per heavy atom. The van der Waals surface area contributed by atoms with Gasteiger partial charge < -0.3 is 25.0 Å². The lowest BCUT2D eigenvalue weighted by atomic mass is 10.1. The van der Waals surface area contributed by atoms with Crippen LogP contribution in [0, 0.1) is 0 Å². The average molecular weight is 524 g/mol. The predicted molar refractivity (Wildman–Crippen MR) is 129 cm³/mol. The summed E-state index contributed by atoms with van der Waals surface area (Å²) in [5.74, 6) is 2.25. The van der Waals surface area contributed by atoms with Crippen molar-refractivity contribution in [3.05, 3.63) is 59.7 Å². The zero-order valence-electron chi connectivity index (χ0n) is 17.6. The van der Waals surface area contributed by atoms with E-state index < -0.39 is 0 Å². The number of ether oxygens (including phenoxy) is 2. The number of fused-ring (bicyclic) bond motifs is 1. The lowest BCUT2D eigenvalue weighted by molar-refractivity contribution is 0.0827. The van der Waals surface area contributed by atoms with Crippen LogP contribution in [0.4, 0.5) is 0 Å². The Morgan fingerprint density at radius 2 is 1.80 bits per heavy atom. The fourth-order valence-corrected chi connectivity index (χ4v) is 2.90. The maximum absolute atomic E-state index is 12.0. The van der Waals surface area contributed by atoms with Crippen LogP contribution in [0.3, 0.4) is 0 Å². The first-order valence-corrected chi connectivity index (χ1v) is 9.78. The molecular formula is C22H29IN4O3. The van der Waals surface area contributed by atoms with E-state index >= 15 is 0 Å². The quantitative estimate of drug-likeness (QED) is 0.346. The number of carbonyl (C=O) groups is 1. The third kappa shape index (κ3) is 6.51. The summed E-state index contributed by atoms with van der Waals surface area (Å²) in [6.45, 7) is 4.36. The van der Waals surface area contributed by atoms with E-state index in [1.165, 1.54) is 0 Å². The Balaban J connectivity index is 0.00000320. The molecule has 1 aliphatic rings. The van der Waals surface area contributed by atoms with Gasteiger partial charge in [0, 0.05) is 26.2 Å². The van der Waals surface area contributed by atoms with Gasteiger partial charge in [0.05, 0.1) is 13.1 Å². The van der Waals surface area contributed by atoms with Crippen LogP contribution in [0.25, 0.3) is 0 Å². The van der Waals surface area contributed by atoms with Crippen molar-refractivity contribution in [2.75, 3.05) is 33.8 Å². The number of halogens is 1. The molecule has 30 heavy (non-hydrogen) atoms. The maximum atomic E-state index is 12.0. The monoisotopic (exact) mass is 524 g/mol. The summed E-state index contributed by atoms with van der Waals surface area (Å²) in [5, 5.41) is 6.55. The Labute approximate surface area is 194 Å². The second-order valence-electron chi connectivity index (χ2n) is 6.97. The number of benzene rings is 2. The molecule has 7 nitrogen and oxygen atoms in total. The van der Waals surface area contributed by atoms with E-state index in [4.69, 9.17) is 9.47 Å². The first kappa shape index (κ1) is 23.8. The van der Waals surface area contributed by atoms with Crippen molar-refractivity contribution in [1.29, 1.82) is 0 Å².